The lowest BCUT2D eigenvalue weighted by molar-refractivity contribution is 0.397. The molecule has 0 aromatic carbocycles. The average Bonchev–Trinajstić information content (AvgIpc) is 3.10. The minimum atomic E-state index is -0.416. The van der Waals surface area contributed by atoms with E-state index in [1.807, 2.05) is 43.6 Å². The molecule has 1 N–H and O–H groups in total. The van der Waals surface area contributed by atoms with E-state index in [0.29, 0.717) is 24.3 Å². The van der Waals surface area contributed by atoms with Gasteiger partial charge < -0.3 is 9.72 Å². The second-order valence-corrected chi connectivity index (χ2v) is 6.86. The van der Waals surface area contributed by atoms with Gasteiger partial charge in [-0.25, -0.2) is 15.0 Å². The Morgan fingerprint density at radius 2 is 1.93 bits per heavy atom. The Morgan fingerprint density at radius 1 is 1.04 bits per heavy atom. The molecule has 4 rings (SSSR count). The van der Waals surface area contributed by atoms with Crippen molar-refractivity contribution in [2.24, 2.45) is 0 Å². The minimum absolute atomic E-state index is 0.416. The molecule has 0 saturated heterocycles. The van der Waals surface area contributed by atoms with E-state index in [0.717, 1.165) is 39.8 Å². The van der Waals surface area contributed by atoms with Gasteiger partial charge in [0.2, 0.25) is 11.8 Å². The largest absolute Gasteiger partial charge is 0.481 e. The highest BCUT2D eigenvalue weighted by Crippen LogP contribution is 2.22. The van der Waals surface area contributed by atoms with Gasteiger partial charge in [0.1, 0.15) is 5.65 Å². The second kappa shape index (κ2) is 7.76. The van der Waals surface area contributed by atoms with Crippen LogP contribution in [0.1, 0.15) is 27.9 Å². The number of aromatic amines is 1. The van der Waals surface area contributed by atoms with Crippen LogP contribution in [-0.4, -0.2) is 27.0 Å². The van der Waals surface area contributed by atoms with Crippen LogP contribution in [0.15, 0.2) is 48.9 Å². The lowest BCUT2D eigenvalue weighted by Crippen LogP contribution is -2.01. The number of H-pyrrole nitrogens is 1. The number of fused-ring (bicyclic) bond motifs is 1. The van der Waals surface area contributed by atoms with Gasteiger partial charge in [-0.1, -0.05) is 12.1 Å². The van der Waals surface area contributed by atoms with Crippen molar-refractivity contribution in [3.8, 4) is 5.88 Å². The van der Waals surface area contributed by atoms with Crippen molar-refractivity contribution in [3.63, 3.8) is 0 Å². The molecular weight excluding hydrogens is 355 g/mol. The van der Waals surface area contributed by atoms with E-state index >= 15 is 0 Å². The topological polar surface area (TPSA) is 63.7 Å². The van der Waals surface area contributed by atoms with Crippen LogP contribution in [0.3, 0.4) is 0 Å². The number of halogens is 1. The number of hydrogen-bond acceptors (Lipinski definition) is 4. The van der Waals surface area contributed by atoms with Crippen molar-refractivity contribution in [2.45, 2.75) is 26.2 Å². The molecular formula is C22H21FN4O. The Morgan fingerprint density at radius 3 is 2.68 bits per heavy atom. The van der Waals surface area contributed by atoms with Crippen LogP contribution in [0, 0.1) is 12.9 Å². The maximum absolute atomic E-state index is 14.6. The van der Waals surface area contributed by atoms with Crippen molar-refractivity contribution >= 4 is 11.0 Å². The maximum atomic E-state index is 14.6. The van der Waals surface area contributed by atoms with Crippen LogP contribution in [0.5, 0.6) is 5.88 Å². The molecule has 4 heterocycles. The van der Waals surface area contributed by atoms with Crippen molar-refractivity contribution in [3.05, 3.63) is 82.8 Å². The lowest BCUT2D eigenvalue weighted by atomic mass is 10.0. The number of hydrogen-bond donors (Lipinski definition) is 1. The summed E-state index contributed by atoms with van der Waals surface area (Å²) in [4.78, 5) is 15.9. The van der Waals surface area contributed by atoms with Gasteiger partial charge in [-0.15, -0.1) is 0 Å². The van der Waals surface area contributed by atoms with Crippen LogP contribution in [0.4, 0.5) is 4.39 Å². The SMILES string of the molecule is COc1ccc(CCc2ccc(Cc3c[nH]c4ncc(C)cc34)c(F)n2)cn1. The molecule has 5 nitrogen and oxygen atoms in total. The molecule has 0 fully saturated rings. The number of methoxy groups -OCH3 is 1. The third-order valence-corrected chi connectivity index (χ3v) is 4.79. The van der Waals surface area contributed by atoms with Crippen molar-refractivity contribution in [1.82, 2.24) is 19.9 Å². The highest BCUT2D eigenvalue weighted by molar-refractivity contribution is 5.80. The molecule has 0 spiro atoms. The van der Waals surface area contributed by atoms with Gasteiger partial charge in [-0.2, -0.15) is 4.39 Å². The summed E-state index contributed by atoms with van der Waals surface area (Å²) in [5.41, 5.74) is 5.29. The van der Waals surface area contributed by atoms with Crippen LogP contribution < -0.4 is 4.74 Å². The predicted octanol–water partition coefficient (Wildman–Crippen LogP) is 4.19. The molecule has 0 unspecified atom stereocenters. The van der Waals surface area contributed by atoms with Gasteiger partial charge in [0.15, 0.2) is 0 Å². The first kappa shape index (κ1) is 18.1. The van der Waals surface area contributed by atoms with E-state index in [1.54, 1.807) is 13.3 Å². The molecule has 0 saturated carbocycles. The number of aryl methyl sites for hydroxylation is 3. The summed E-state index contributed by atoms with van der Waals surface area (Å²) in [5.74, 6) is 0.167. The van der Waals surface area contributed by atoms with Crippen molar-refractivity contribution < 1.29 is 9.13 Å². The zero-order valence-corrected chi connectivity index (χ0v) is 15.9. The molecule has 0 amide bonds. The van der Waals surface area contributed by atoms with E-state index < -0.39 is 5.95 Å². The van der Waals surface area contributed by atoms with Crippen molar-refractivity contribution in [2.75, 3.05) is 7.11 Å². The lowest BCUT2D eigenvalue weighted by Gasteiger charge is -2.06. The smallest absolute Gasteiger partial charge is 0.216 e. The summed E-state index contributed by atoms with van der Waals surface area (Å²) >= 11 is 0. The van der Waals surface area contributed by atoms with Gasteiger partial charge in [0.05, 0.1) is 7.11 Å². The number of rotatable bonds is 6. The van der Waals surface area contributed by atoms with E-state index in [1.165, 1.54) is 0 Å². The fraction of sp³-hybridized carbons (Fsp3) is 0.227. The molecule has 0 atom stereocenters. The maximum Gasteiger partial charge on any atom is 0.216 e. The summed E-state index contributed by atoms with van der Waals surface area (Å²) in [6.07, 6.45) is 7.36. The average molecular weight is 376 g/mol. The number of nitrogens with one attached hydrogen (secondary N) is 1. The van der Waals surface area contributed by atoms with E-state index in [4.69, 9.17) is 4.74 Å². The summed E-state index contributed by atoms with van der Waals surface area (Å²) in [7, 11) is 1.59. The highest BCUT2D eigenvalue weighted by Gasteiger charge is 2.11. The minimum Gasteiger partial charge on any atom is -0.481 e. The molecule has 0 radical (unpaired) electrons. The van der Waals surface area contributed by atoms with Gasteiger partial charge >= 0.3 is 0 Å². The van der Waals surface area contributed by atoms with E-state index in [9.17, 15) is 4.39 Å². The standard InChI is InChI=1S/C22H21FN4O/c1-14-9-19-17(13-26-22(19)25-11-14)10-16-5-7-18(27-21(16)23)6-3-15-4-8-20(28-2)24-12-15/h4-5,7-9,11-13H,3,6,10H2,1-2H3,(H,25,26). The number of aromatic nitrogens is 4. The molecule has 0 bridgehead atoms. The van der Waals surface area contributed by atoms with Gasteiger partial charge in [0.25, 0.3) is 0 Å². The number of ether oxygens (including phenoxy) is 1. The Bertz CT molecular complexity index is 1110. The van der Waals surface area contributed by atoms with Gasteiger partial charge in [-0.05, 0) is 48.6 Å². The predicted molar refractivity (Wildman–Crippen MR) is 106 cm³/mol. The third kappa shape index (κ3) is 3.86. The Kier molecular flexibility index (Phi) is 5.02. The zero-order chi connectivity index (χ0) is 19.5. The molecule has 4 aromatic heterocycles. The monoisotopic (exact) mass is 376 g/mol. The van der Waals surface area contributed by atoms with Crippen LogP contribution in [0.25, 0.3) is 11.0 Å². The fourth-order valence-electron chi connectivity index (χ4n) is 3.24. The normalized spacial score (nSPS) is 11.1. The zero-order valence-electron chi connectivity index (χ0n) is 15.9. The molecule has 0 aliphatic carbocycles. The summed E-state index contributed by atoms with van der Waals surface area (Å²) < 4.78 is 19.6. The third-order valence-electron chi connectivity index (χ3n) is 4.79. The molecule has 0 aliphatic heterocycles. The Hall–Kier alpha value is -3.28. The molecule has 4 aromatic rings. The summed E-state index contributed by atoms with van der Waals surface area (Å²) in [6, 6.07) is 9.57. The van der Waals surface area contributed by atoms with Gasteiger partial charge in [-0.3, -0.25) is 0 Å². The number of pyridine rings is 3. The van der Waals surface area contributed by atoms with E-state index in [-0.39, 0.29) is 0 Å². The molecule has 28 heavy (non-hydrogen) atoms. The van der Waals surface area contributed by atoms with Crippen molar-refractivity contribution in [1.29, 1.82) is 0 Å². The first-order chi connectivity index (χ1) is 13.6. The molecule has 0 aliphatic rings. The quantitative estimate of drug-likeness (QED) is 0.513. The first-order valence-electron chi connectivity index (χ1n) is 9.18. The number of nitrogens with zero attached hydrogens (tertiary/aromatic N) is 3. The van der Waals surface area contributed by atoms with E-state index in [2.05, 4.69) is 26.0 Å². The van der Waals surface area contributed by atoms with Crippen LogP contribution >= 0.6 is 0 Å². The summed E-state index contributed by atoms with van der Waals surface area (Å²) in [6.45, 7) is 2.00. The Balaban J connectivity index is 1.47. The Labute approximate surface area is 162 Å². The summed E-state index contributed by atoms with van der Waals surface area (Å²) in [5, 5.41) is 1.02. The highest BCUT2D eigenvalue weighted by atomic mass is 19.1. The van der Waals surface area contributed by atoms with Gasteiger partial charge in [0, 0.05) is 47.7 Å². The molecule has 142 valence electrons. The fourth-order valence-corrected chi connectivity index (χ4v) is 3.24. The van der Waals surface area contributed by atoms with Crippen LogP contribution in [0.2, 0.25) is 0 Å². The first-order valence-corrected chi connectivity index (χ1v) is 9.18. The van der Waals surface area contributed by atoms with Crippen LogP contribution in [-0.2, 0) is 19.3 Å². The second-order valence-electron chi connectivity index (χ2n) is 6.86. The molecule has 6 heteroatoms.